The van der Waals surface area contributed by atoms with E-state index in [9.17, 15) is 9.59 Å². The van der Waals surface area contributed by atoms with E-state index in [-0.39, 0.29) is 18.6 Å². The number of anilines is 1. The minimum atomic E-state index is -1.03. The second-order valence-corrected chi connectivity index (χ2v) is 6.19. The SMILES string of the molecule is CC(C)CC(C)OCCC(=O)N(C)c1ccc(OCC(=O)O)cc1. The first-order valence-electron chi connectivity index (χ1n) is 8.12. The van der Waals surface area contributed by atoms with Gasteiger partial charge in [-0.3, -0.25) is 4.79 Å². The van der Waals surface area contributed by atoms with Gasteiger partial charge in [0.1, 0.15) is 5.75 Å². The van der Waals surface area contributed by atoms with E-state index in [1.54, 1.807) is 36.2 Å². The monoisotopic (exact) mass is 337 g/mol. The summed E-state index contributed by atoms with van der Waals surface area (Å²) in [6.45, 7) is 6.31. The Morgan fingerprint density at radius 1 is 1.17 bits per heavy atom. The quantitative estimate of drug-likeness (QED) is 0.710. The highest BCUT2D eigenvalue weighted by atomic mass is 16.5. The smallest absolute Gasteiger partial charge is 0.341 e. The number of hydrogen-bond donors (Lipinski definition) is 1. The van der Waals surface area contributed by atoms with Crippen LogP contribution in [0, 0.1) is 5.92 Å². The first kappa shape index (κ1) is 20.0. The van der Waals surface area contributed by atoms with E-state index in [2.05, 4.69) is 13.8 Å². The van der Waals surface area contributed by atoms with Crippen molar-refractivity contribution in [3.63, 3.8) is 0 Å². The van der Waals surface area contributed by atoms with Gasteiger partial charge in [0.15, 0.2) is 6.61 Å². The molecule has 0 aliphatic carbocycles. The Labute approximate surface area is 143 Å². The van der Waals surface area contributed by atoms with Gasteiger partial charge in [0.25, 0.3) is 0 Å². The van der Waals surface area contributed by atoms with Crippen molar-refractivity contribution in [3.8, 4) is 5.75 Å². The summed E-state index contributed by atoms with van der Waals surface area (Å²) < 4.78 is 10.7. The molecule has 1 unspecified atom stereocenters. The van der Waals surface area contributed by atoms with Gasteiger partial charge in [0.05, 0.1) is 19.1 Å². The molecule has 0 saturated heterocycles. The normalized spacial score (nSPS) is 12.0. The molecule has 1 rings (SSSR count). The lowest BCUT2D eigenvalue weighted by Gasteiger charge is -2.19. The molecule has 0 fully saturated rings. The Kier molecular flexibility index (Phi) is 8.26. The van der Waals surface area contributed by atoms with E-state index in [1.165, 1.54) is 0 Å². The molecule has 0 bridgehead atoms. The van der Waals surface area contributed by atoms with E-state index in [0.717, 1.165) is 12.1 Å². The Hall–Kier alpha value is -2.08. The van der Waals surface area contributed by atoms with Crippen molar-refractivity contribution in [1.82, 2.24) is 0 Å². The van der Waals surface area contributed by atoms with E-state index >= 15 is 0 Å². The summed E-state index contributed by atoms with van der Waals surface area (Å²) in [5.41, 5.74) is 0.720. The fourth-order valence-corrected chi connectivity index (χ4v) is 2.30. The van der Waals surface area contributed by atoms with Crippen LogP contribution in [-0.4, -0.2) is 43.3 Å². The molecule has 1 aromatic carbocycles. The molecule has 0 radical (unpaired) electrons. The summed E-state index contributed by atoms with van der Waals surface area (Å²) in [6, 6.07) is 6.72. The molecule has 0 aliphatic rings. The van der Waals surface area contributed by atoms with Crippen LogP contribution in [0.15, 0.2) is 24.3 Å². The van der Waals surface area contributed by atoms with Crippen molar-refractivity contribution in [2.45, 2.75) is 39.7 Å². The standard InChI is InChI=1S/C18H27NO5/c1-13(2)11-14(3)23-10-9-17(20)19(4)15-5-7-16(8-6-15)24-12-18(21)22/h5-8,13-14H,9-12H2,1-4H3,(H,21,22). The molecular weight excluding hydrogens is 310 g/mol. The molecule has 0 saturated carbocycles. The minimum Gasteiger partial charge on any atom is -0.482 e. The molecule has 1 amide bonds. The van der Waals surface area contributed by atoms with Gasteiger partial charge in [-0.2, -0.15) is 0 Å². The number of hydrogen-bond acceptors (Lipinski definition) is 4. The van der Waals surface area contributed by atoms with E-state index in [4.69, 9.17) is 14.6 Å². The fourth-order valence-electron chi connectivity index (χ4n) is 2.30. The maximum atomic E-state index is 12.2. The van der Waals surface area contributed by atoms with E-state index in [0.29, 0.717) is 24.7 Å². The molecule has 6 nitrogen and oxygen atoms in total. The fraction of sp³-hybridized carbons (Fsp3) is 0.556. The van der Waals surface area contributed by atoms with Crippen LogP contribution in [0.25, 0.3) is 0 Å². The van der Waals surface area contributed by atoms with Crippen LogP contribution in [0.2, 0.25) is 0 Å². The number of amides is 1. The van der Waals surface area contributed by atoms with Crippen molar-refractivity contribution in [2.75, 3.05) is 25.2 Å². The first-order chi connectivity index (χ1) is 11.3. The molecule has 0 aromatic heterocycles. The van der Waals surface area contributed by atoms with Crippen molar-refractivity contribution < 1.29 is 24.2 Å². The Bertz CT molecular complexity index is 527. The number of ether oxygens (including phenoxy) is 2. The van der Waals surface area contributed by atoms with Gasteiger partial charge in [-0.1, -0.05) is 13.8 Å². The van der Waals surface area contributed by atoms with Gasteiger partial charge in [0, 0.05) is 12.7 Å². The maximum absolute atomic E-state index is 12.2. The summed E-state index contributed by atoms with van der Waals surface area (Å²) in [4.78, 5) is 24.2. The largest absolute Gasteiger partial charge is 0.482 e. The zero-order valence-electron chi connectivity index (χ0n) is 14.8. The van der Waals surface area contributed by atoms with Crippen LogP contribution in [0.1, 0.15) is 33.6 Å². The highest BCUT2D eigenvalue weighted by Gasteiger charge is 2.12. The van der Waals surface area contributed by atoms with Gasteiger partial charge in [0.2, 0.25) is 5.91 Å². The van der Waals surface area contributed by atoms with Crippen LogP contribution in [-0.2, 0) is 14.3 Å². The number of carboxylic acid groups (broad SMARTS) is 1. The summed E-state index contributed by atoms with van der Waals surface area (Å²) in [6.07, 6.45) is 1.44. The molecular formula is C18H27NO5. The molecule has 1 aromatic rings. The van der Waals surface area contributed by atoms with Crippen LogP contribution >= 0.6 is 0 Å². The van der Waals surface area contributed by atoms with Gasteiger partial charge < -0.3 is 19.5 Å². The summed E-state index contributed by atoms with van der Waals surface area (Å²) >= 11 is 0. The second-order valence-electron chi connectivity index (χ2n) is 6.19. The number of carbonyl (C=O) groups excluding carboxylic acids is 1. The number of benzene rings is 1. The molecule has 0 aliphatic heterocycles. The molecule has 0 spiro atoms. The Balaban J connectivity index is 2.43. The number of nitrogens with zero attached hydrogens (tertiary/aromatic N) is 1. The van der Waals surface area contributed by atoms with Gasteiger partial charge >= 0.3 is 5.97 Å². The number of aliphatic carboxylic acids is 1. The van der Waals surface area contributed by atoms with Crippen molar-refractivity contribution in [2.24, 2.45) is 5.92 Å². The lowest BCUT2D eigenvalue weighted by atomic mass is 10.1. The highest BCUT2D eigenvalue weighted by molar-refractivity contribution is 5.92. The third-order valence-electron chi connectivity index (χ3n) is 3.48. The zero-order chi connectivity index (χ0) is 18.1. The molecule has 0 heterocycles. The molecule has 1 atom stereocenters. The predicted molar refractivity (Wildman–Crippen MR) is 92.5 cm³/mol. The summed E-state index contributed by atoms with van der Waals surface area (Å²) in [5.74, 6) is -0.0444. The van der Waals surface area contributed by atoms with Crippen molar-refractivity contribution in [3.05, 3.63) is 24.3 Å². The lowest BCUT2D eigenvalue weighted by molar-refractivity contribution is -0.139. The number of carbonyl (C=O) groups is 2. The topological polar surface area (TPSA) is 76.1 Å². The maximum Gasteiger partial charge on any atom is 0.341 e. The van der Waals surface area contributed by atoms with Gasteiger partial charge in [-0.05, 0) is 43.5 Å². The molecule has 1 N–H and O–H groups in total. The molecule has 134 valence electrons. The summed E-state index contributed by atoms with van der Waals surface area (Å²) in [7, 11) is 1.70. The second kappa shape index (κ2) is 9.93. The molecule has 24 heavy (non-hydrogen) atoms. The first-order valence-corrected chi connectivity index (χ1v) is 8.12. The Morgan fingerprint density at radius 3 is 2.33 bits per heavy atom. The average molecular weight is 337 g/mol. The van der Waals surface area contributed by atoms with Crippen LogP contribution in [0.5, 0.6) is 5.75 Å². The van der Waals surface area contributed by atoms with Gasteiger partial charge in [-0.15, -0.1) is 0 Å². The predicted octanol–water partition coefficient (Wildman–Crippen LogP) is 2.95. The Morgan fingerprint density at radius 2 is 1.79 bits per heavy atom. The summed E-state index contributed by atoms with van der Waals surface area (Å²) in [5, 5.41) is 8.57. The van der Waals surface area contributed by atoms with E-state index < -0.39 is 5.97 Å². The third kappa shape index (κ3) is 7.46. The number of rotatable bonds is 10. The van der Waals surface area contributed by atoms with Crippen LogP contribution in [0.4, 0.5) is 5.69 Å². The zero-order valence-corrected chi connectivity index (χ0v) is 14.8. The van der Waals surface area contributed by atoms with Gasteiger partial charge in [-0.25, -0.2) is 4.79 Å². The minimum absolute atomic E-state index is 0.0362. The third-order valence-corrected chi connectivity index (χ3v) is 3.48. The van der Waals surface area contributed by atoms with Crippen LogP contribution < -0.4 is 9.64 Å². The van der Waals surface area contributed by atoms with E-state index in [1.807, 2.05) is 6.92 Å². The lowest BCUT2D eigenvalue weighted by Crippen LogP contribution is -2.27. The van der Waals surface area contributed by atoms with Crippen LogP contribution in [0.3, 0.4) is 0 Å². The van der Waals surface area contributed by atoms with Crippen molar-refractivity contribution in [1.29, 1.82) is 0 Å². The number of carboxylic acids is 1. The van der Waals surface area contributed by atoms with Crippen molar-refractivity contribution >= 4 is 17.6 Å². The highest BCUT2D eigenvalue weighted by Crippen LogP contribution is 2.19. The molecule has 6 heteroatoms. The average Bonchev–Trinajstić information content (AvgIpc) is 2.51.